The fraction of sp³-hybridized carbons (Fsp3) is 0.375. The molecular formula is C24H28N4O2. The number of hydrogen-bond donors (Lipinski definition) is 0. The molecule has 3 aromatic rings. The second-order valence-electron chi connectivity index (χ2n) is 7.98. The quantitative estimate of drug-likeness (QED) is 0.656. The Balaban J connectivity index is 1.52. The minimum atomic E-state index is -0.132. The highest BCUT2D eigenvalue weighted by Crippen LogP contribution is 2.17. The van der Waals surface area contributed by atoms with Crippen molar-refractivity contribution in [2.45, 2.75) is 33.4 Å². The van der Waals surface area contributed by atoms with E-state index in [2.05, 4.69) is 41.2 Å². The van der Waals surface area contributed by atoms with Crippen molar-refractivity contribution >= 4 is 16.7 Å². The average molecular weight is 405 g/mol. The second-order valence-corrected chi connectivity index (χ2v) is 7.98. The van der Waals surface area contributed by atoms with E-state index in [1.54, 1.807) is 6.07 Å². The molecule has 0 bridgehead atoms. The minimum Gasteiger partial charge on any atom is -0.335 e. The molecule has 0 unspecified atom stereocenters. The lowest BCUT2D eigenvalue weighted by Gasteiger charge is -2.34. The van der Waals surface area contributed by atoms with Crippen LogP contribution >= 0.6 is 0 Å². The van der Waals surface area contributed by atoms with Gasteiger partial charge in [-0.1, -0.05) is 55.0 Å². The maximum absolute atomic E-state index is 13.3. The molecule has 2 aromatic carbocycles. The molecule has 1 aliphatic rings. The number of benzene rings is 2. The number of amides is 1. The van der Waals surface area contributed by atoms with Gasteiger partial charge in [0.2, 0.25) is 0 Å². The van der Waals surface area contributed by atoms with E-state index < -0.39 is 0 Å². The molecule has 30 heavy (non-hydrogen) atoms. The molecule has 1 amide bonds. The van der Waals surface area contributed by atoms with Gasteiger partial charge in [-0.05, 0) is 25.0 Å². The summed E-state index contributed by atoms with van der Waals surface area (Å²) in [4.78, 5) is 30.2. The van der Waals surface area contributed by atoms with Crippen molar-refractivity contribution in [1.29, 1.82) is 0 Å². The minimum absolute atomic E-state index is 0.0914. The Morgan fingerprint density at radius 3 is 2.43 bits per heavy atom. The van der Waals surface area contributed by atoms with Crippen LogP contribution < -0.4 is 5.56 Å². The predicted octanol–water partition coefficient (Wildman–Crippen LogP) is 3.07. The van der Waals surface area contributed by atoms with Crippen LogP contribution in [0.15, 0.2) is 53.3 Å². The lowest BCUT2D eigenvalue weighted by atomic mass is 10.1. The molecule has 4 rings (SSSR count). The number of carbonyl (C=O) groups is 1. The van der Waals surface area contributed by atoms with Gasteiger partial charge in [-0.15, -0.1) is 0 Å². The Bertz CT molecular complexity index is 1110. The number of hydrogen-bond acceptors (Lipinski definition) is 4. The molecule has 1 saturated heterocycles. The van der Waals surface area contributed by atoms with Crippen LogP contribution in [0.4, 0.5) is 0 Å². The number of rotatable bonds is 5. The van der Waals surface area contributed by atoms with Crippen LogP contribution in [0, 0.1) is 6.92 Å². The van der Waals surface area contributed by atoms with Crippen molar-refractivity contribution in [2.75, 3.05) is 26.2 Å². The first kappa shape index (κ1) is 20.3. The van der Waals surface area contributed by atoms with Crippen LogP contribution in [0.1, 0.15) is 35.0 Å². The third-order valence-corrected chi connectivity index (χ3v) is 5.65. The Morgan fingerprint density at radius 1 is 1.00 bits per heavy atom. The van der Waals surface area contributed by atoms with Crippen LogP contribution in [0.25, 0.3) is 10.8 Å². The van der Waals surface area contributed by atoms with E-state index in [9.17, 15) is 9.59 Å². The van der Waals surface area contributed by atoms with E-state index in [1.165, 1.54) is 15.8 Å². The van der Waals surface area contributed by atoms with Crippen molar-refractivity contribution in [3.8, 4) is 0 Å². The monoisotopic (exact) mass is 404 g/mol. The number of aromatic nitrogens is 2. The zero-order valence-electron chi connectivity index (χ0n) is 17.7. The molecule has 1 aliphatic heterocycles. The largest absolute Gasteiger partial charge is 0.335 e. The van der Waals surface area contributed by atoms with Gasteiger partial charge in [0, 0.05) is 44.7 Å². The lowest BCUT2D eigenvalue weighted by Crippen LogP contribution is -2.48. The van der Waals surface area contributed by atoms with Crippen molar-refractivity contribution < 1.29 is 4.79 Å². The summed E-state index contributed by atoms with van der Waals surface area (Å²) in [6.45, 7) is 8.48. The fourth-order valence-electron chi connectivity index (χ4n) is 4.08. The normalized spacial score (nSPS) is 14.9. The fourth-order valence-corrected chi connectivity index (χ4v) is 4.08. The van der Waals surface area contributed by atoms with E-state index in [0.717, 1.165) is 26.1 Å². The maximum Gasteiger partial charge on any atom is 0.275 e. The molecule has 0 aliphatic carbocycles. The SMILES string of the molecule is CCCn1nc(C(=O)N2CCN(Cc3cccc(C)c3)CC2)c2ccccc2c1=O. The van der Waals surface area contributed by atoms with Gasteiger partial charge in [-0.25, -0.2) is 4.68 Å². The molecule has 0 atom stereocenters. The van der Waals surface area contributed by atoms with Crippen molar-refractivity contribution in [3.63, 3.8) is 0 Å². The summed E-state index contributed by atoms with van der Waals surface area (Å²) in [5.74, 6) is -0.0914. The molecule has 6 heteroatoms. The average Bonchev–Trinajstić information content (AvgIpc) is 2.76. The standard InChI is InChI=1S/C24H28N4O2/c1-3-11-28-23(29)21-10-5-4-9-20(21)22(25-28)24(30)27-14-12-26(13-15-27)17-19-8-6-7-18(2)16-19/h4-10,16H,3,11-15,17H2,1-2H3. The third kappa shape index (κ3) is 4.14. The van der Waals surface area contributed by atoms with E-state index in [-0.39, 0.29) is 11.5 Å². The molecule has 0 spiro atoms. The van der Waals surface area contributed by atoms with E-state index in [0.29, 0.717) is 36.1 Å². The van der Waals surface area contributed by atoms with Crippen LogP contribution in [-0.2, 0) is 13.1 Å². The van der Waals surface area contributed by atoms with Crippen molar-refractivity contribution in [3.05, 3.63) is 75.7 Å². The van der Waals surface area contributed by atoms with Crippen LogP contribution in [-0.4, -0.2) is 51.7 Å². The Labute approximate surface area is 176 Å². The zero-order valence-corrected chi connectivity index (χ0v) is 17.7. The van der Waals surface area contributed by atoms with Crippen LogP contribution in [0.3, 0.4) is 0 Å². The number of piperazine rings is 1. The number of carbonyl (C=O) groups excluding carboxylic acids is 1. The zero-order chi connectivity index (χ0) is 21.1. The van der Waals surface area contributed by atoms with Crippen molar-refractivity contribution in [1.82, 2.24) is 19.6 Å². The summed E-state index contributed by atoms with van der Waals surface area (Å²) < 4.78 is 1.43. The highest BCUT2D eigenvalue weighted by molar-refractivity contribution is 6.04. The predicted molar refractivity (Wildman–Crippen MR) is 119 cm³/mol. The van der Waals surface area contributed by atoms with E-state index >= 15 is 0 Å². The molecule has 0 N–H and O–H groups in total. The molecule has 6 nitrogen and oxygen atoms in total. The summed E-state index contributed by atoms with van der Waals surface area (Å²) >= 11 is 0. The topological polar surface area (TPSA) is 58.4 Å². The molecular weight excluding hydrogens is 376 g/mol. The van der Waals surface area contributed by atoms with Gasteiger partial charge in [0.05, 0.1) is 5.39 Å². The highest BCUT2D eigenvalue weighted by atomic mass is 16.2. The summed E-state index contributed by atoms with van der Waals surface area (Å²) in [6.07, 6.45) is 0.788. The van der Waals surface area contributed by atoms with E-state index in [1.807, 2.05) is 30.0 Å². The van der Waals surface area contributed by atoms with Gasteiger partial charge in [-0.3, -0.25) is 14.5 Å². The first-order valence-electron chi connectivity index (χ1n) is 10.6. The summed E-state index contributed by atoms with van der Waals surface area (Å²) in [7, 11) is 0. The summed E-state index contributed by atoms with van der Waals surface area (Å²) in [6, 6.07) is 15.8. The van der Waals surface area contributed by atoms with Gasteiger partial charge >= 0.3 is 0 Å². The summed E-state index contributed by atoms with van der Waals surface area (Å²) in [5.41, 5.74) is 2.81. The Morgan fingerprint density at radius 2 is 1.73 bits per heavy atom. The number of aryl methyl sites for hydroxylation is 2. The molecule has 0 radical (unpaired) electrons. The molecule has 156 valence electrons. The molecule has 2 heterocycles. The van der Waals surface area contributed by atoms with E-state index in [4.69, 9.17) is 0 Å². The smallest absolute Gasteiger partial charge is 0.275 e. The van der Waals surface area contributed by atoms with Crippen LogP contribution in [0.2, 0.25) is 0 Å². The first-order chi connectivity index (χ1) is 14.6. The Hall–Kier alpha value is -2.99. The van der Waals surface area contributed by atoms with Crippen molar-refractivity contribution in [2.24, 2.45) is 0 Å². The molecule has 0 saturated carbocycles. The van der Waals surface area contributed by atoms with Gasteiger partial charge in [0.25, 0.3) is 11.5 Å². The highest BCUT2D eigenvalue weighted by Gasteiger charge is 2.25. The van der Waals surface area contributed by atoms with Gasteiger partial charge in [0.15, 0.2) is 5.69 Å². The molecule has 1 aromatic heterocycles. The first-order valence-corrected chi connectivity index (χ1v) is 10.6. The maximum atomic E-state index is 13.3. The summed E-state index contributed by atoms with van der Waals surface area (Å²) in [5, 5.41) is 5.66. The van der Waals surface area contributed by atoms with Gasteiger partial charge in [-0.2, -0.15) is 5.10 Å². The molecule has 1 fully saturated rings. The third-order valence-electron chi connectivity index (χ3n) is 5.65. The van der Waals surface area contributed by atoms with Gasteiger partial charge < -0.3 is 4.90 Å². The van der Waals surface area contributed by atoms with Gasteiger partial charge in [0.1, 0.15) is 0 Å². The second kappa shape index (κ2) is 8.79. The lowest BCUT2D eigenvalue weighted by molar-refractivity contribution is 0.0622. The Kier molecular flexibility index (Phi) is 5.95. The number of nitrogens with zero attached hydrogens (tertiary/aromatic N) is 4. The van der Waals surface area contributed by atoms with Crippen LogP contribution in [0.5, 0.6) is 0 Å². The number of fused-ring (bicyclic) bond motifs is 1.